The molecule has 0 spiro atoms. The number of alkyl halides is 2. The maximum Gasteiger partial charge on any atom is 0.253 e. The molecular weight excluding hydrogens is 378 g/mol. The average Bonchev–Trinajstić information content (AvgIpc) is 2.72. The van der Waals surface area contributed by atoms with Crippen LogP contribution in [-0.2, 0) is 0 Å². The number of nitrogens with zero attached hydrogens (tertiary/aromatic N) is 4. The quantitative estimate of drug-likeness (QED) is 0.526. The summed E-state index contributed by atoms with van der Waals surface area (Å²) in [6.07, 6.45) is 3.56. The van der Waals surface area contributed by atoms with Crippen LogP contribution in [0.4, 0.5) is 8.78 Å². The van der Waals surface area contributed by atoms with E-state index >= 15 is 0 Å². The van der Waals surface area contributed by atoms with Crippen LogP contribution >= 0.6 is 0 Å². The molecule has 1 aliphatic heterocycles. The number of aromatic nitrogens is 3. The van der Waals surface area contributed by atoms with Crippen LogP contribution in [0.3, 0.4) is 0 Å². The van der Waals surface area contributed by atoms with Gasteiger partial charge in [0.2, 0.25) is 0 Å². The Kier molecular flexibility index (Phi) is 4.65. The Labute approximate surface area is 164 Å². The molecule has 3 heterocycles. The minimum absolute atomic E-state index is 0.0267. The molecule has 1 fully saturated rings. The maximum atomic E-state index is 13.4. The third-order valence-electron chi connectivity index (χ3n) is 4.99. The second kappa shape index (κ2) is 7.16. The molecule has 0 atom stereocenters. The number of halogens is 2. The fraction of sp³-hybridized carbons (Fsp3) is 0.250. The van der Waals surface area contributed by atoms with Crippen LogP contribution < -0.4 is 5.49 Å². The topological polar surface area (TPSA) is 98.7 Å². The molecule has 1 amide bonds. The fourth-order valence-corrected chi connectivity index (χ4v) is 3.29. The summed E-state index contributed by atoms with van der Waals surface area (Å²) in [7, 11) is 0. The van der Waals surface area contributed by atoms with Gasteiger partial charge in [-0.05, 0) is 30.3 Å². The van der Waals surface area contributed by atoms with Gasteiger partial charge in [-0.15, -0.1) is 0 Å². The number of carbonyl (C=O) groups is 1. The first-order valence-corrected chi connectivity index (χ1v) is 9.08. The van der Waals surface area contributed by atoms with E-state index in [0.717, 1.165) is 6.34 Å². The summed E-state index contributed by atoms with van der Waals surface area (Å²) in [5.41, 5.74) is 2.82. The van der Waals surface area contributed by atoms with Gasteiger partial charge in [0.25, 0.3) is 11.8 Å². The first kappa shape index (κ1) is 18.9. The third kappa shape index (κ3) is 3.75. The van der Waals surface area contributed by atoms with Gasteiger partial charge < -0.3 is 4.90 Å². The van der Waals surface area contributed by atoms with E-state index in [1.165, 1.54) is 9.47 Å². The van der Waals surface area contributed by atoms with Crippen molar-refractivity contribution >= 4 is 23.3 Å². The van der Waals surface area contributed by atoms with Crippen LogP contribution in [0.1, 0.15) is 23.2 Å². The molecule has 3 aromatic rings. The molecule has 0 radical (unpaired) electrons. The summed E-state index contributed by atoms with van der Waals surface area (Å²) in [5, 5.41) is 15.2. The van der Waals surface area contributed by atoms with E-state index in [4.69, 9.17) is 10.8 Å². The van der Waals surface area contributed by atoms with E-state index in [2.05, 4.69) is 9.97 Å². The second-order valence-corrected chi connectivity index (χ2v) is 6.94. The predicted molar refractivity (Wildman–Crippen MR) is 103 cm³/mol. The summed E-state index contributed by atoms with van der Waals surface area (Å²) in [4.78, 5) is 23.1. The lowest BCUT2D eigenvalue weighted by atomic mass is 10.1. The molecular formula is C20H18F2N6O. The highest BCUT2D eigenvalue weighted by molar-refractivity contribution is 5.97. The highest BCUT2D eigenvalue weighted by Gasteiger charge is 2.35. The zero-order valence-electron chi connectivity index (χ0n) is 15.4. The first-order valence-electron chi connectivity index (χ1n) is 9.08. The molecule has 0 bridgehead atoms. The van der Waals surface area contributed by atoms with Gasteiger partial charge in [-0.3, -0.25) is 25.2 Å². The van der Waals surface area contributed by atoms with Crippen LogP contribution in [0.2, 0.25) is 0 Å². The van der Waals surface area contributed by atoms with Gasteiger partial charge in [0, 0.05) is 43.3 Å². The minimum Gasteiger partial charge on any atom is -0.338 e. The van der Waals surface area contributed by atoms with Crippen LogP contribution in [0.5, 0.6) is 0 Å². The van der Waals surface area contributed by atoms with Gasteiger partial charge in [-0.1, -0.05) is 0 Å². The Morgan fingerprint density at radius 2 is 1.90 bits per heavy atom. The summed E-state index contributed by atoms with van der Waals surface area (Å²) in [6.45, 7) is 0.0534. The maximum absolute atomic E-state index is 13.4. The number of rotatable bonds is 3. The molecule has 4 rings (SSSR count). The molecule has 29 heavy (non-hydrogen) atoms. The third-order valence-corrected chi connectivity index (χ3v) is 4.99. The minimum atomic E-state index is -2.71. The van der Waals surface area contributed by atoms with Crippen molar-refractivity contribution in [3.63, 3.8) is 0 Å². The molecule has 0 unspecified atom stereocenters. The molecule has 2 aromatic heterocycles. The fourth-order valence-electron chi connectivity index (χ4n) is 3.29. The lowest BCUT2D eigenvalue weighted by Gasteiger charge is -2.31. The van der Waals surface area contributed by atoms with E-state index in [1.54, 1.807) is 42.7 Å². The second-order valence-electron chi connectivity index (χ2n) is 6.94. The number of hydrogen-bond acceptors (Lipinski definition) is 5. The molecule has 1 saturated heterocycles. The SMILES string of the molecule is N=Cn1ccc(-c2cnc3ccc(C(=O)N4CCC(F)(F)CC4)cc3n2)cc1=N. The van der Waals surface area contributed by atoms with Crippen LogP contribution in [0, 0.1) is 10.8 Å². The van der Waals surface area contributed by atoms with Crippen LogP contribution in [0.15, 0.2) is 42.7 Å². The molecule has 7 nitrogen and oxygen atoms in total. The number of fused-ring (bicyclic) bond motifs is 1. The van der Waals surface area contributed by atoms with Crippen molar-refractivity contribution in [1.29, 1.82) is 10.8 Å². The molecule has 0 aliphatic carbocycles. The van der Waals surface area contributed by atoms with Gasteiger partial charge in [-0.25, -0.2) is 13.8 Å². The Morgan fingerprint density at radius 1 is 1.14 bits per heavy atom. The van der Waals surface area contributed by atoms with Crippen LogP contribution in [-0.4, -0.2) is 50.7 Å². The van der Waals surface area contributed by atoms with Gasteiger partial charge >= 0.3 is 0 Å². The first-order chi connectivity index (χ1) is 13.9. The Hall–Kier alpha value is -3.49. The average molecular weight is 396 g/mol. The van der Waals surface area contributed by atoms with Gasteiger partial charge in [0.1, 0.15) is 5.49 Å². The van der Waals surface area contributed by atoms with Crippen molar-refractivity contribution in [2.24, 2.45) is 0 Å². The molecule has 148 valence electrons. The van der Waals surface area contributed by atoms with E-state index in [0.29, 0.717) is 27.9 Å². The summed E-state index contributed by atoms with van der Waals surface area (Å²) in [5.74, 6) is -3.00. The largest absolute Gasteiger partial charge is 0.338 e. The Balaban J connectivity index is 1.65. The van der Waals surface area contributed by atoms with Crippen molar-refractivity contribution in [3.8, 4) is 11.3 Å². The van der Waals surface area contributed by atoms with Gasteiger partial charge in [0.05, 0.1) is 29.3 Å². The number of hydrogen-bond donors (Lipinski definition) is 2. The molecule has 2 N–H and O–H groups in total. The predicted octanol–water partition coefficient (Wildman–Crippen LogP) is 2.90. The van der Waals surface area contributed by atoms with E-state index in [-0.39, 0.29) is 37.3 Å². The van der Waals surface area contributed by atoms with Gasteiger partial charge in [-0.2, -0.15) is 0 Å². The Bertz CT molecular complexity index is 1160. The van der Waals surface area contributed by atoms with E-state index in [9.17, 15) is 13.6 Å². The number of amides is 1. The highest BCUT2D eigenvalue weighted by Crippen LogP contribution is 2.28. The number of nitrogens with one attached hydrogen (secondary N) is 2. The standard InChI is InChI=1S/C20H18F2N6O/c21-20(22)4-7-27(8-5-20)19(29)14-1-2-15-16(9-14)26-17(11-25-15)13-3-6-28(12-23)18(24)10-13/h1-3,6,9-12,23-24H,4-5,7-8H2. The summed E-state index contributed by atoms with van der Waals surface area (Å²) in [6, 6.07) is 8.22. The van der Waals surface area contributed by atoms with Crippen LogP contribution in [0.25, 0.3) is 22.3 Å². The normalized spacial score (nSPS) is 16.0. The molecule has 0 saturated carbocycles. The lowest BCUT2D eigenvalue weighted by molar-refractivity contribution is -0.0494. The van der Waals surface area contributed by atoms with Crippen molar-refractivity contribution < 1.29 is 13.6 Å². The monoisotopic (exact) mass is 396 g/mol. The number of carbonyl (C=O) groups excluding carboxylic acids is 1. The van der Waals surface area contributed by atoms with Crippen molar-refractivity contribution in [2.75, 3.05) is 13.1 Å². The van der Waals surface area contributed by atoms with E-state index < -0.39 is 5.92 Å². The van der Waals surface area contributed by atoms with Gasteiger partial charge in [0.15, 0.2) is 0 Å². The van der Waals surface area contributed by atoms with Crippen molar-refractivity contribution in [3.05, 3.63) is 53.8 Å². The Morgan fingerprint density at radius 3 is 2.59 bits per heavy atom. The highest BCUT2D eigenvalue weighted by atomic mass is 19.3. The van der Waals surface area contributed by atoms with Crippen molar-refractivity contribution in [1.82, 2.24) is 19.4 Å². The van der Waals surface area contributed by atoms with E-state index in [1.807, 2.05) is 0 Å². The van der Waals surface area contributed by atoms with Crippen molar-refractivity contribution in [2.45, 2.75) is 18.8 Å². The zero-order valence-corrected chi connectivity index (χ0v) is 15.4. The molecule has 9 heteroatoms. The molecule has 1 aromatic carbocycles. The summed E-state index contributed by atoms with van der Waals surface area (Å²) < 4.78 is 28.0. The number of pyridine rings is 1. The smallest absolute Gasteiger partial charge is 0.253 e. The number of piperidine rings is 1. The zero-order chi connectivity index (χ0) is 20.6. The lowest BCUT2D eigenvalue weighted by Crippen LogP contribution is -2.42. The number of benzene rings is 1. The summed E-state index contributed by atoms with van der Waals surface area (Å²) >= 11 is 0. The molecule has 1 aliphatic rings. The number of likely N-dealkylation sites (tertiary alicyclic amines) is 1.